The Morgan fingerprint density at radius 2 is 1.62 bits per heavy atom. The van der Waals surface area contributed by atoms with Crippen molar-refractivity contribution in [3.8, 4) is 0 Å². The fourth-order valence-electron chi connectivity index (χ4n) is 1.48. The Morgan fingerprint density at radius 1 is 1.08 bits per heavy atom. The Kier molecular flexibility index (Phi) is 8.59. The van der Waals surface area contributed by atoms with Crippen molar-refractivity contribution in [1.82, 2.24) is 0 Å². The molecule has 13 heavy (non-hydrogen) atoms. The summed E-state index contributed by atoms with van der Waals surface area (Å²) >= 11 is 0. The minimum Gasteiger partial charge on any atom is -0.0654 e. The van der Waals surface area contributed by atoms with Gasteiger partial charge in [0.15, 0.2) is 0 Å². The number of hydrogen-bond donors (Lipinski definition) is 0. The highest BCUT2D eigenvalue weighted by molar-refractivity contribution is 4.67. The molecule has 80 valence electrons. The average molecular weight is 184 g/mol. The molecule has 0 heterocycles. The summed E-state index contributed by atoms with van der Waals surface area (Å²) in [5.41, 5.74) is 0. The molecule has 1 rings (SSSR count). The monoisotopic (exact) mass is 184 g/mol. The lowest BCUT2D eigenvalue weighted by atomic mass is 9.82. The molecule has 0 aromatic heterocycles. The van der Waals surface area contributed by atoms with Crippen LogP contribution < -0.4 is 0 Å². The molecule has 0 unspecified atom stereocenters. The van der Waals surface area contributed by atoms with Crippen LogP contribution in [-0.2, 0) is 0 Å². The van der Waals surface area contributed by atoms with Crippen molar-refractivity contribution in [1.29, 1.82) is 0 Å². The fourth-order valence-corrected chi connectivity index (χ4v) is 1.48. The number of rotatable bonds is 4. The summed E-state index contributed by atoms with van der Waals surface area (Å²) in [7, 11) is 0. The van der Waals surface area contributed by atoms with E-state index in [-0.39, 0.29) is 0 Å². The zero-order valence-electron chi connectivity index (χ0n) is 10.1. The third kappa shape index (κ3) is 7.10. The van der Waals surface area contributed by atoms with Crippen LogP contribution in [-0.4, -0.2) is 0 Å². The first kappa shape index (κ1) is 13.0. The van der Waals surface area contributed by atoms with E-state index >= 15 is 0 Å². The van der Waals surface area contributed by atoms with Crippen LogP contribution in [0, 0.1) is 11.8 Å². The highest BCUT2D eigenvalue weighted by Crippen LogP contribution is 2.29. The van der Waals surface area contributed by atoms with E-state index in [1.54, 1.807) is 0 Å². The van der Waals surface area contributed by atoms with E-state index in [0.717, 1.165) is 11.8 Å². The van der Waals surface area contributed by atoms with Gasteiger partial charge in [-0.2, -0.15) is 0 Å². The molecule has 0 nitrogen and oxygen atoms in total. The quantitative estimate of drug-likeness (QED) is 0.575. The molecule has 0 aliphatic heterocycles. The van der Waals surface area contributed by atoms with Gasteiger partial charge in [0.05, 0.1) is 0 Å². The molecule has 0 aromatic carbocycles. The summed E-state index contributed by atoms with van der Waals surface area (Å²) in [6, 6.07) is 0. The molecular formula is C13H28. The van der Waals surface area contributed by atoms with Crippen LogP contribution in [0.5, 0.6) is 0 Å². The third-order valence-corrected chi connectivity index (χ3v) is 3.32. The predicted octanol–water partition coefficient (Wildman–Crippen LogP) is 5.03. The van der Waals surface area contributed by atoms with Gasteiger partial charge in [0, 0.05) is 0 Å². The zero-order chi connectivity index (χ0) is 10.1. The molecule has 0 spiro atoms. The van der Waals surface area contributed by atoms with Gasteiger partial charge >= 0.3 is 0 Å². The van der Waals surface area contributed by atoms with Gasteiger partial charge in [0.1, 0.15) is 0 Å². The maximum atomic E-state index is 2.28. The van der Waals surface area contributed by atoms with Crippen molar-refractivity contribution in [3.05, 3.63) is 0 Å². The molecule has 0 radical (unpaired) electrons. The first-order chi connectivity index (χ1) is 6.24. The van der Waals surface area contributed by atoms with Gasteiger partial charge in [-0.25, -0.2) is 0 Å². The van der Waals surface area contributed by atoms with Crippen molar-refractivity contribution in [2.45, 2.75) is 72.6 Å². The van der Waals surface area contributed by atoms with E-state index in [2.05, 4.69) is 27.7 Å². The third-order valence-electron chi connectivity index (χ3n) is 3.32. The summed E-state index contributed by atoms with van der Waals surface area (Å²) in [5, 5.41) is 0. The van der Waals surface area contributed by atoms with Crippen LogP contribution in [0.1, 0.15) is 72.6 Å². The smallest absolute Gasteiger partial charge is 0.0414 e. The first-order valence-corrected chi connectivity index (χ1v) is 6.24. The molecule has 0 atom stereocenters. The summed E-state index contributed by atoms with van der Waals surface area (Å²) in [6.07, 6.45) is 10.1. The highest BCUT2D eigenvalue weighted by Gasteiger charge is 2.14. The largest absolute Gasteiger partial charge is 0.0654 e. The van der Waals surface area contributed by atoms with E-state index in [4.69, 9.17) is 0 Å². The molecule has 0 heteroatoms. The minimum absolute atomic E-state index is 0.935. The Balaban J connectivity index is 0.000000226. The summed E-state index contributed by atoms with van der Waals surface area (Å²) in [5.74, 6) is 2.06. The van der Waals surface area contributed by atoms with Gasteiger partial charge < -0.3 is 0 Å². The number of hydrogen-bond acceptors (Lipinski definition) is 0. The predicted molar refractivity (Wildman–Crippen MR) is 62.0 cm³/mol. The minimum atomic E-state index is 0.935. The van der Waals surface area contributed by atoms with Crippen molar-refractivity contribution < 1.29 is 0 Å². The Labute approximate surface area is 85.1 Å². The van der Waals surface area contributed by atoms with E-state index in [1.807, 2.05) is 0 Å². The van der Waals surface area contributed by atoms with Gasteiger partial charge in [0.25, 0.3) is 0 Å². The zero-order valence-corrected chi connectivity index (χ0v) is 10.1. The lowest BCUT2D eigenvalue weighted by Crippen LogP contribution is -2.09. The fraction of sp³-hybridized carbons (Fsp3) is 1.00. The van der Waals surface area contributed by atoms with Crippen molar-refractivity contribution in [2.24, 2.45) is 11.8 Å². The van der Waals surface area contributed by atoms with Crippen molar-refractivity contribution >= 4 is 0 Å². The van der Waals surface area contributed by atoms with E-state index in [9.17, 15) is 0 Å². The lowest BCUT2D eigenvalue weighted by molar-refractivity contribution is 0.294. The molecule has 1 saturated carbocycles. The van der Waals surface area contributed by atoms with Gasteiger partial charge in [-0.1, -0.05) is 72.6 Å². The summed E-state index contributed by atoms with van der Waals surface area (Å²) in [6.45, 7) is 9.01. The van der Waals surface area contributed by atoms with E-state index < -0.39 is 0 Å². The summed E-state index contributed by atoms with van der Waals surface area (Å²) < 4.78 is 0. The molecule has 0 bridgehead atoms. The van der Waals surface area contributed by atoms with Gasteiger partial charge in [-0.3, -0.25) is 0 Å². The van der Waals surface area contributed by atoms with Crippen LogP contribution in [0.2, 0.25) is 0 Å². The topological polar surface area (TPSA) is 0 Å². The van der Waals surface area contributed by atoms with Crippen molar-refractivity contribution in [2.75, 3.05) is 0 Å². The second kappa shape index (κ2) is 8.59. The second-order valence-electron chi connectivity index (χ2n) is 4.51. The molecule has 1 aliphatic carbocycles. The van der Waals surface area contributed by atoms with Gasteiger partial charge in [-0.15, -0.1) is 0 Å². The van der Waals surface area contributed by atoms with Gasteiger partial charge in [0.2, 0.25) is 0 Å². The SMILES string of the molecule is CCC(C)CC.CCCC1CCC1. The van der Waals surface area contributed by atoms with Crippen LogP contribution in [0.15, 0.2) is 0 Å². The molecule has 0 saturated heterocycles. The lowest BCUT2D eigenvalue weighted by Gasteiger charge is -2.24. The molecule has 1 aliphatic rings. The standard InChI is InChI=1S/C7H14.C6H14/c1-2-4-7-5-3-6-7;1-4-6(3)5-2/h7H,2-6H2,1H3;6H,4-5H2,1-3H3. The van der Waals surface area contributed by atoms with Crippen LogP contribution in [0.4, 0.5) is 0 Å². The Morgan fingerprint density at radius 3 is 1.69 bits per heavy atom. The van der Waals surface area contributed by atoms with E-state index in [0.29, 0.717) is 0 Å². The summed E-state index contributed by atoms with van der Waals surface area (Å²) in [4.78, 5) is 0. The maximum absolute atomic E-state index is 2.28. The molecular weight excluding hydrogens is 156 g/mol. The average Bonchev–Trinajstić information content (AvgIpc) is 2.11. The van der Waals surface area contributed by atoms with Crippen molar-refractivity contribution in [3.63, 3.8) is 0 Å². The van der Waals surface area contributed by atoms with Crippen LogP contribution >= 0.6 is 0 Å². The first-order valence-electron chi connectivity index (χ1n) is 6.24. The normalized spacial score (nSPS) is 16.4. The molecule has 1 fully saturated rings. The molecule has 0 amide bonds. The highest BCUT2D eigenvalue weighted by atomic mass is 14.2. The second-order valence-corrected chi connectivity index (χ2v) is 4.51. The van der Waals surface area contributed by atoms with Crippen LogP contribution in [0.3, 0.4) is 0 Å². The van der Waals surface area contributed by atoms with Gasteiger partial charge in [-0.05, 0) is 11.8 Å². The Bertz CT molecular complexity index is 88.2. The van der Waals surface area contributed by atoms with Crippen LogP contribution in [0.25, 0.3) is 0 Å². The molecule has 0 N–H and O–H groups in total. The Hall–Kier alpha value is 0. The molecule has 0 aromatic rings. The van der Waals surface area contributed by atoms with E-state index in [1.165, 1.54) is 44.9 Å². The maximum Gasteiger partial charge on any atom is -0.0414 e.